The minimum Gasteiger partial charge on any atom is -0.392 e. The van der Waals surface area contributed by atoms with E-state index in [-0.39, 0.29) is 24.4 Å². The minimum atomic E-state index is -1.92. The van der Waals surface area contributed by atoms with E-state index in [1.165, 1.54) is 6.92 Å². The highest BCUT2D eigenvalue weighted by Gasteiger charge is 2.70. The van der Waals surface area contributed by atoms with E-state index in [1.807, 2.05) is 6.92 Å². The monoisotopic (exact) mass is 436 g/mol. The second-order valence-electron chi connectivity index (χ2n) is 10.7. The van der Waals surface area contributed by atoms with Crippen LogP contribution in [0, 0.1) is 39.9 Å². The third kappa shape index (κ3) is 3.34. The lowest BCUT2D eigenvalue weighted by molar-refractivity contribution is -0.165. The maximum atomic E-state index is 15.2. The van der Waals surface area contributed by atoms with Gasteiger partial charge in [-0.25, -0.2) is 8.78 Å². The number of β-amino-alcohol motifs (C(OH)–C–C–N with tert-alkyl or cyclic N) is 1. The number of rotatable bonds is 0. The normalized spacial score (nSPS) is 49.1. The zero-order chi connectivity index (χ0) is 22.7. The summed E-state index contributed by atoms with van der Waals surface area (Å²) in [5, 5.41) is 19.7. The highest BCUT2D eigenvalue weighted by molar-refractivity contribution is 6.00. The molecule has 1 aliphatic heterocycles. The summed E-state index contributed by atoms with van der Waals surface area (Å²) < 4.78 is 29.4. The molecule has 4 aliphatic carbocycles. The zero-order valence-electron chi connectivity index (χ0n) is 18.4. The van der Waals surface area contributed by atoms with E-state index < -0.39 is 46.6 Å². The third-order valence-electron chi connectivity index (χ3n) is 9.02. The fourth-order valence-corrected chi connectivity index (χ4v) is 7.24. The molecule has 7 heteroatoms. The summed E-state index contributed by atoms with van der Waals surface area (Å²) in [5.74, 6) is -2.39. The van der Waals surface area contributed by atoms with E-state index in [0.717, 1.165) is 25.1 Å². The van der Waals surface area contributed by atoms with Crippen molar-refractivity contribution in [2.45, 2.75) is 70.8 Å². The summed E-state index contributed by atoms with van der Waals surface area (Å²) in [7, 11) is 0. The van der Waals surface area contributed by atoms with Crippen molar-refractivity contribution in [2.75, 3.05) is 13.1 Å². The van der Waals surface area contributed by atoms with Gasteiger partial charge in [-0.15, -0.1) is 0 Å². The molecule has 1 saturated heterocycles. The topological polar surface area (TPSA) is 90.2 Å². The van der Waals surface area contributed by atoms with Gasteiger partial charge in [0, 0.05) is 18.2 Å². The Morgan fingerprint density at radius 1 is 1.23 bits per heavy atom. The first-order valence-corrected chi connectivity index (χ1v) is 11.5. The van der Waals surface area contributed by atoms with Crippen molar-refractivity contribution in [1.82, 2.24) is 5.32 Å². The first kappa shape index (κ1) is 22.7. The van der Waals surface area contributed by atoms with Crippen LogP contribution in [0.1, 0.15) is 52.4 Å². The van der Waals surface area contributed by atoms with Gasteiger partial charge in [-0.1, -0.05) is 19.1 Å². The highest BCUT2D eigenvalue weighted by atomic mass is 19.1. The summed E-state index contributed by atoms with van der Waals surface area (Å²) in [5.41, 5.74) is -0.324. The van der Waals surface area contributed by atoms with Crippen LogP contribution in [-0.4, -0.2) is 53.9 Å². The molecule has 0 aromatic carbocycles. The summed E-state index contributed by atoms with van der Waals surface area (Å²) in [6.07, 6.45) is -0.313. The van der Waals surface area contributed by atoms with E-state index >= 15 is 4.39 Å². The number of hydrogen-bond donors (Lipinski definition) is 3. The van der Waals surface area contributed by atoms with Crippen molar-refractivity contribution in [3.8, 4) is 0 Å². The molecule has 0 bridgehead atoms. The van der Waals surface area contributed by atoms with Crippen LogP contribution in [-0.2, 0) is 9.59 Å². The quantitative estimate of drug-likeness (QED) is 0.509. The molecule has 4 saturated carbocycles. The number of nitrogens with one attached hydrogen (secondary N) is 2. The Labute approximate surface area is 182 Å². The van der Waals surface area contributed by atoms with E-state index in [4.69, 9.17) is 10.5 Å². The average molecular weight is 437 g/mol. The molecular weight excluding hydrogens is 402 g/mol. The van der Waals surface area contributed by atoms with Gasteiger partial charge in [-0.3, -0.25) is 9.59 Å². The molecule has 9 atom stereocenters. The molecule has 5 aliphatic rings. The van der Waals surface area contributed by atoms with Crippen LogP contribution in [0.25, 0.3) is 0 Å². The molecule has 7 unspecified atom stereocenters. The second-order valence-corrected chi connectivity index (χ2v) is 10.7. The number of carbonyl (C=O) groups excluding carboxylic acids is 2. The van der Waals surface area contributed by atoms with E-state index in [0.29, 0.717) is 31.4 Å². The molecule has 31 heavy (non-hydrogen) atoms. The third-order valence-corrected chi connectivity index (χ3v) is 9.02. The number of aliphatic hydroxyl groups excluding tert-OH is 1. The predicted molar refractivity (Wildman–Crippen MR) is 113 cm³/mol. The number of alkyl halides is 2. The van der Waals surface area contributed by atoms with Crippen molar-refractivity contribution in [2.24, 2.45) is 34.5 Å². The predicted octanol–water partition coefficient (Wildman–Crippen LogP) is 3.20. The second kappa shape index (κ2) is 7.84. The number of hydrogen-bond acceptors (Lipinski definition) is 5. The number of carbonyl (C=O) groups is 2. The Morgan fingerprint density at radius 3 is 2.52 bits per heavy atom. The maximum Gasteiger partial charge on any atom is 0.176 e. The molecule has 0 aromatic heterocycles. The van der Waals surface area contributed by atoms with Gasteiger partial charge in [0.15, 0.2) is 23.9 Å². The van der Waals surface area contributed by atoms with Crippen molar-refractivity contribution < 1.29 is 23.5 Å². The molecule has 0 amide bonds. The van der Waals surface area contributed by atoms with Crippen molar-refractivity contribution in [1.29, 1.82) is 5.41 Å². The fraction of sp³-hybridized carbons (Fsp3) is 0.792. The molecule has 5 nitrogen and oxygen atoms in total. The lowest BCUT2D eigenvalue weighted by Crippen LogP contribution is -2.62. The Kier molecular flexibility index (Phi) is 5.74. The first-order valence-electron chi connectivity index (χ1n) is 11.5. The van der Waals surface area contributed by atoms with Gasteiger partial charge >= 0.3 is 0 Å². The molecule has 0 spiro atoms. The van der Waals surface area contributed by atoms with Crippen molar-refractivity contribution in [3.63, 3.8) is 0 Å². The van der Waals surface area contributed by atoms with Crippen LogP contribution >= 0.6 is 0 Å². The van der Waals surface area contributed by atoms with Crippen molar-refractivity contribution in [3.05, 3.63) is 12.2 Å². The molecule has 5 rings (SSSR count). The van der Waals surface area contributed by atoms with Gasteiger partial charge in [0.25, 0.3) is 0 Å². The van der Waals surface area contributed by atoms with Gasteiger partial charge in [-0.05, 0) is 75.2 Å². The lowest BCUT2D eigenvalue weighted by Gasteiger charge is -2.59. The summed E-state index contributed by atoms with van der Waals surface area (Å²) in [6.45, 7) is 9.45. The van der Waals surface area contributed by atoms with Gasteiger partial charge < -0.3 is 15.8 Å². The van der Waals surface area contributed by atoms with Crippen LogP contribution in [0.5, 0.6) is 0 Å². The molecule has 0 radical (unpaired) electrons. The average Bonchev–Trinajstić information content (AvgIpc) is 3.29. The Balaban J connectivity index is 0.000000334. The van der Waals surface area contributed by atoms with Gasteiger partial charge in [0.1, 0.15) is 0 Å². The van der Waals surface area contributed by atoms with Crippen molar-refractivity contribution >= 4 is 17.3 Å². The van der Waals surface area contributed by atoms with Gasteiger partial charge in [0.2, 0.25) is 0 Å². The van der Waals surface area contributed by atoms with Gasteiger partial charge in [0.05, 0.1) is 11.5 Å². The summed E-state index contributed by atoms with van der Waals surface area (Å²) in [4.78, 5) is 25.4. The largest absolute Gasteiger partial charge is 0.392 e. The number of fused-ring (bicyclic) bond motifs is 5. The molecule has 172 valence electrons. The number of allylic oxidation sites excluding steroid dienone is 1. The molecule has 1 heterocycles. The van der Waals surface area contributed by atoms with E-state index in [2.05, 4.69) is 11.9 Å². The summed E-state index contributed by atoms with van der Waals surface area (Å²) >= 11 is 0. The number of ketones is 2. The zero-order valence-corrected chi connectivity index (χ0v) is 18.4. The minimum absolute atomic E-state index is 0.00813. The van der Waals surface area contributed by atoms with Crippen LogP contribution in [0.15, 0.2) is 12.2 Å². The fourth-order valence-electron chi connectivity index (χ4n) is 7.24. The standard InChI is InChI=1S/C20H25F2NO2.C4H9NO/c1-9-6-11-13-8-14(21)18(25)20(13,3)17(22)16(24)15(11)19(2)5-4-10(23)7-12(9)19;6-4-1-2-5-3-4/h11-15,17,23H,1,4-8H2,2-3H3;4-6H,1-3H2/t11?,12?,13?,14?,15?,17?,19-,20+;/m0./s1. The van der Waals surface area contributed by atoms with Crippen LogP contribution in [0.4, 0.5) is 8.78 Å². The highest BCUT2D eigenvalue weighted by Crippen LogP contribution is 2.65. The Hall–Kier alpha value is -1.47. The number of Topliss-reactive ketones (excluding diaryl/α,β-unsaturated/α-hetero) is 2. The lowest BCUT2D eigenvalue weighted by atomic mass is 9.43. The van der Waals surface area contributed by atoms with Crippen LogP contribution < -0.4 is 5.32 Å². The SMILES string of the molecule is C=C1CC2C(C(=O)C(F)[C@]3(C)C(=O)C(F)CC23)[C@@]2(C)CCC(=N)CC12.OC1CCNC1. The van der Waals surface area contributed by atoms with Crippen LogP contribution in [0.2, 0.25) is 0 Å². The Morgan fingerprint density at radius 2 is 1.94 bits per heavy atom. The first-order chi connectivity index (χ1) is 14.5. The maximum absolute atomic E-state index is 15.2. The van der Waals surface area contributed by atoms with Gasteiger partial charge in [-0.2, -0.15) is 0 Å². The molecule has 0 aromatic rings. The number of halogens is 2. The van der Waals surface area contributed by atoms with Crippen LogP contribution in [0.3, 0.4) is 0 Å². The number of aliphatic hydroxyl groups is 1. The molecule has 5 fully saturated rings. The van der Waals surface area contributed by atoms with E-state index in [9.17, 15) is 14.0 Å². The Bertz CT molecular complexity index is 811. The smallest absolute Gasteiger partial charge is 0.176 e. The summed E-state index contributed by atoms with van der Waals surface area (Å²) in [6, 6.07) is 0. The molecular formula is C24H34F2N2O3. The molecule has 3 N–H and O–H groups in total. The van der Waals surface area contributed by atoms with E-state index in [1.54, 1.807) is 0 Å².